The molecule has 10 heteroatoms. The molecule has 1 aliphatic heterocycles. The summed E-state index contributed by atoms with van der Waals surface area (Å²) >= 11 is 0. The Bertz CT molecular complexity index is 1390. The molecule has 0 amide bonds. The molecular weight excluding hydrogens is 461 g/mol. The van der Waals surface area contributed by atoms with E-state index in [1.165, 1.54) is 6.07 Å². The van der Waals surface area contributed by atoms with Gasteiger partial charge in [-0.15, -0.1) is 0 Å². The van der Waals surface area contributed by atoms with Gasteiger partial charge in [0, 0.05) is 24.7 Å². The number of nitrogens with zero attached hydrogens (tertiary/aromatic N) is 6. The Morgan fingerprint density at radius 2 is 2.00 bits per heavy atom. The summed E-state index contributed by atoms with van der Waals surface area (Å²) in [6.07, 6.45) is 2.73. The normalized spacial score (nSPS) is 12.9. The van der Waals surface area contributed by atoms with E-state index in [0.717, 1.165) is 46.9 Å². The quantitative estimate of drug-likeness (QED) is 0.368. The summed E-state index contributed by atoms with van der Waals surface area (Å²) in [5.74, 6) is 1.85. The van der Waals surface area contributed by atoms with Crippen LogP contribution in [0.25, 0.3) is 22.6 Å². The van der Waals surface area contributed by atoms with Gasteiger partial charge >= 0.3 is 0 Å². The van der Waals surface area contributed by atoms with Crippen LogP contribution in [0.5, 0.6) is 5.75 Å². The van der Waals surface area contributed by atoms with E-state index in [0.29, 0.717) is 36.9 Å². The smallest absolute Gasteiger partial charge is 0.165 e. The number of aromatic nitrogens is 5. The Labute approximate surface area is 209 Å². The second-order valence-electron chi connectivity index (χ2n) is 9.09. The number of fused-ring (bicyclic) bond motifs is 1. The lowest BCUT2D eigenvalue weighted by Gasteiger charge is -2.22. The summed E-state index contributed by atoms with van der Waals surface area (Å²) in [5, 5.41) is 11.6. The molecule has 5 rings (SSSR count). The van der Waals surface area contributed by atoms with Gasteiger partial charge in [0.25, 0.3) is 0 Å². The molecule has 0 saturated heterocycles. The zero-order chi connectivity index (χ0) is 25.4. The third-order valence-corrected chi connectivity index (χ3v) is 6.56. The summed E-state index contributed by atoms with van der Waals surface area (Å²) in [6.45, 7) is 8.40. The standard InChI is InChI=1S/C26H30FN7O2/c1-15-24(23-16(2)32-36-17(23)3)30-25(20-11-19(7-8-21(20)27)35-10-6-9-28-4)31-26(15)34-13-18-12-29-33(5)22(18)14-34/h7-8,11-12,28H,6,9-10,13-14H2,1-5H3. The molecule has 0 unspecified atom stereocenters. The van der Waals surface area contributed by atoms with Crippen LogP contribution in [0.3, 0.4) is 0 Å². The van der Waals surface area contributed by atoms with E-state index in [9.17, 15) is 0 Å². The Morgan fingerprint density at radius 1 is 1.17 bits per heavy atom. The molecule has 1 aliphatic rings. The predicted octanol–water partition coefficient (Wildman–Crippen LogP) is 4.10. The fraction of sp³-hybridized carbons (Fsp3) is 0.385. The molecule has 0 bridgehead atoms. The molecule has 0 atom stereocenters. The van der Waals surface area contributed by atoms with Crippen molar-refractivity contribution in [2.45, 2.75) is 40.3 Å². The molecule has 4 aromatic rings. The van der Waals surface area contributed by atoms with Gasteiger partial charge in [0.2, 0.25) is 0 Å². The van der Waals surface area contributed by atoms with Crippen molar-refractivity contribution in [1.29, 1.82) is 0 Å². The number of benzene rings is 1. The topological polar surface area (TPSA) is 94.1 Å². The van der Waals surface area contributed by atoms with Crippen LogP contribution in [0.2, 0.25) is 0 Å². The largest absolute Gasteiger partial charge is 0.494 e. The second-order valence-corrected chi connectivity index (χ2v) is 9.09. The first-order valence-electron chi connectivity index (χ1n) is 12.0. The number of ether oxygens (including phenoxy) is 1. The zero-order valence-corrected chi connectivity index (χ0v) is 21.2. The molecule has 3 aromatic heterocycles. The molecule has 36 heavy (non-hydrogen) atoms. The summed E-state index contributed by atoms with van der Waals surface area (Å²) in [7, 11) is 3.83. The van der Waals surface area contributed by atoms with Crippen LogP contribution in [0.1, 0.15) is 34.7 Å². The van der Waals surface area contributed by atoms with Crippen LogP contribution in [0.15, 0.2) is 28.9 Å². The van der Waals surface area contributed by atoms with Crippen LogP contribution in [0, 0.1) is 26.6 Å². The Balaban J connectivity index is 1.60. The minimum atomic E-state index is -0.411. The second kappa shape index (κ2) is 9.69. The Morgan fingerprint density at radius 3 is 2.72 bits per heavy atom. The number of aryl methyl sites for hydroxylation is 3. The first-order chi connectivity index (χ1) is 17.4. The van der Waals surface area contributed by atoms with E-state index >= 15 is 4.39 Å². The van der Waals surface area contributed by atoms with Gasteiger partial charge in [-0.05, 0) is 59.0 Å². The first kappa shape index (κ1) is 23.9. The molecule has 0 saturated carbocycles. The van der Waals surface area contributed by atoms with Crippen molar-refractivity contribution in [2.75, 3.05) is 25.1 Å². The van der Waals surface area contributed by atoms with Gasteiger partial charge in [0.05, 0.1) is 47.6 Å². The minimum absolute atomic E-state index is 0.286. The molecule has 1 N–H and O–H groups in total. The molecule has 0 radical (unpaired) electrons. The molecule has 188 valence electrons. The van der Waals surface area contributed by atoms with Crippen molar-refractivity contribution < 1.29 is 13.7 Å². The highest BCUT2D eigenvalue weighted by Gasteiger charge is 2.28. The lowest BCUT2D eigenvalue weighted by Crippen LogP contribution is -2.20. The van der Waals surface area contributed by atoms with Crippen molar-refractivity contribution in [3.8, 4) is 28.4 Å². The summed E-state index contributed by atoms with van der Waals surface area (Å²) < 4.78 is 28.3. The number of nitrogens with one attached hydrogen (secondary N) is 1. The van der Waals surface area contributed by atoms with Crippen LogP contribution >= 0.6 is 0 Å². The van der Waals surface area contributed by atoms with Gasteiger partial charge in [-0.3, -0.25) is 4.68 Å². The average molecular weight is 492 g/mol. The number of anilines is 1. The maximum atomic E-state index is 15.2. The van der Waals surface area contributed by atoms with Crippen molar-refractivity contribution in [1.82, 2.24) is 30.2 Å². The molecular formula is C26H30FN7O2. The molecule has 0 aliphatic carbocycles. The molecule has 1 aromatic carbocycles. The van der Waals surface area contributed by atoms with Crippen LogP contribution < -0.4 is 15.0 Å². The van der Waals surface area contributed by atoms with Gasteiger partial charge in [-0.1, -0.05) is 5.16 Å². The van der Waals surface area contributed by atoms with Gasteiger partial charge < -0.3 is 19.5 Å². The highest BCUT2D eigenvalue weighted by molar-refractivity contribution is 5.75. The fourth-order valence-electron chi connectivity index (χ4n) is 4.64. The Kier molecular flexibility index (Phi) is 6.44. The van der Waals surface area contributed by atoms with Crippen molar-refractivity contribution in [2.24, 2.45) is 7.05 Å². The maximum Gasteiger partial charge on any atom is 0.165 e. The summed E-state index contributed by atoms with van der Waals surface area (Å²) in [4.78, 5) is 11.9. The molecule has 4 heterocycles. The van der Waals surface area contributed by atoms with Crippen LogP contribution in [-0.4, -0.2) is 45.1 Å². The van der Waals surface area contributed by atoms with Crippen molar-refractivity contribution in [3.05, 3.63) is 58.5 Å². The number of halogens is 1. The maximum absolute atomic E-state index is 15.2. The SMILES string of the molecule is CNCCCOc1ccc(F)c(-c2nc(-c3c(C)noc3C)c(C)c(N3Cc4cnn(C)c4C3)n2)c1. The highest BCUT2D eigenvalue weighted by atomic mass is 19.1. The monoisotopic (exact) mass is 491 g/mol. The van der Waals surface area contributed by atoms with Crippen molar-refractivity contribution >= 4 is 5.82 Å². The number of rotatable bonds is 8. The van der Waals surface area contributed by atoms with Gasteiger partial charge in [0.1, 0.15) is 23.1 Å². The van der Waals surface area contributed by atoms with Crippen LogP contribution in [-0.2, 0) is 20.1 Å². The molecule has 0 spiro atoms. The van der Waals surface area contributed by atoms with Gasteiger partial charge in [-0.2, -0.15) is 5.10 Å². The van der Waals surface area contributed by atoms with Gasteiger partial charge in [0.15, 0.2) is 5.82 Å². The lowest BCUT2D eigenvalue weighted by molar-refractivity contribution is 0.309. The predicted molar refractivity (Wildman–Crippen MR) is 134 cm³/mol. The minimum Gasteiger partial charge on any atom is -0.494 e. The van der Waals surface area contributed by atoms with E-state index in [2.05, 4.69) is 20.5 Å². The highest BCUT2D eigenvalue weighted by Crippen LogP contribution is 2.38. The summed E-state index contributed by atoms with van der Waals surface area (Å²) in [6, 6.07) is 4.70. The fourth-order valence-corrected chi connectivity index (χ4v) is 4.64. The van der Waals surface area contributed by atoms with E-state index < -0.39 is 5.82 Å². The lowest BCUT2D eigenvalue weighted by atomic mass is 10.0. The van der Waals surface area contributed by atoms with Crippen LogP contribution in [0.4, 0.5) is 10.2 Å². The molecule has 9 nitrogen and oxygen atoms in total. The third kappa shape index (κ3) is 4.32. The number of hydrogen-bond donors (Lipinski definition) is 1. The van der Waals surface area contributed by atoms with E-state index in [-0.39, 0.29) is 11.4 Å². The third-order valence-electron chi connectivity index (χ3n) is 6.56. The van der Waals surface area contributed by atoms with E-state index in [1.807, 2.05) is 45.7 Å². The van der Waals surface area contributed by atoms with Gasteiger partial charge in [-0.25, -0.2) is 14.4 Å². The zero-order valence-electron chi connectivity index (χ0n) is 21.2. The average Bonchev–Trinajstić information content (AvgIpc) is 3.54. The summed E-state index contributed by atoms with van der Waals surface area (Å²) in [5.41, 5.74) is 5.66. The Hall–Kier alpha value is -3.79. The van der Waals surface area contributed by atoms with E-state index in [1.54, 1.807) is 12.1 Å². The van der Waals surface area contributed by atoms with E-state index in [4.69, 9.17) is 19.2 Å². The number of hydrogen-bond acceptors (Lipinski definition) is 8. The molecule has 0 fully saturated rings. The van der Waals surface area contributed by atoms with Crippen molar-refractivity contribution in [3.63, 3.8) is 0 Å². The first-order valence-corrected chi connectivity index (χ1v) is 12.0.